The molecule has 0 radical (unpaired) electrons. The molecule has 2 amide bonds. The SMILES string of the molecule is CCC(C(=O)NCC(C)C)N(CCc1ccccc1)C(=O)CN(c1ccc(Cl)c(C(F)(F)F)c1)S(=O)(=O)c1ccc(C)cc1. The van der Waals surface area contributed by atoms with E-state index in [1.54, 1.807) is 26.0 Å². The summed E-state index contributed by atoms with van der Waals surface area (Å²) in [6, 6.07) is 16.7. The second kappa shape index (κ2) is 14.9. The number of anilines is 1. The number of amides is 2. The topological polar surface area (TPSA) is 86.8 Å². The van der Waals surface area contributed by atoms with E-state index >= 15 is 0 Å². The monoisotopic (exact) mass is 651 g/mol. The van der Waals surface area contributed by atoms with Crippen LogP contribution in [0.3, 0.4) is 0 Å². The van der Waals surface area contributed by atoms with Crippen LogP contribution in [0, 0.1) is 12.8 Å². The molecule has 0 heterocycles. The highest BCUT2D eigenvalue weighted by Gasteiger charge is 2.37. The van der Waals surface area contributed by atoms with Gasteiger partial charge in [0.05, 0.1) is 21.2 Å². The third-order valence-electron chi connectivity index (χ3n) is 6.99. The first-order chi connectivity index (χ1) is 20.6. The van der Waals surface area contributed by atoms with Crippen LogP contribution < -0.4 is 9.62 Å². The lowest BCUT2D eigenvalue weighted by Crippen LogP contribution is -2.53. The number of benzene rings is 3. The van der Waals surface area contributed by atoms with E-state index in [0.717, 1.165) is 23.3 Å². The second-order valence-corrected chi connectivity index (χ2v) is 13.1. The fourth-order valence-corrected chi connectivity index (χ4v) is 6.20. The van der Waals surface area contributed by atoms with Gasteiger partial charge in [-0.1, -0.05) is 80.4 Å². The van der Waals surface area contributed by atoms with Gasteiger partial charge >= 0.3 is 6.18 Å². The number of hydrogen-bond donors (Lipinski definition) is 1. The fraction of sp³-hybridized carbons (Fsp3) is 0.375. The Morgan fingerprint density at radius 1 is 0.977 bits per heavy atom. The average molecular weight is 652 g/mol. The lowest BCUT2D eigenvalue weighted by atomic mass is 10.1. The van der Waals surface area contributed by atoms with Gasteiger partial charge in [0.25, 0.3) is 10.0 Å². The number of halogens is 4. The Bertz CT molecular complexity index is 1530. The van der Waals surface area contributed by atoms with Crippen LogP contribution in [0.4, 0.5) is 18.9 Å². The number of alkyl halides is 3. The van der Waals surface area contributed by atoms with Gasteiger partial charge in [0, 0.05) is 13.1 Å². The number of aryl methyl sites for hydroxylation is 1. The molecule has 12 heteroatoms. The molecule has 3 aromatic rings. The van der Waals surface area contributed by atoms with Gasteiger partial charge < -0.3 is 10.2 Å². The molecular weight excluding hydrogens is 615 g/mol. The minimum absolute atomic E-state index is 0.0727. The minimum Gasteiger partial charge on any atom is -0.354 e. The van der Waals surface area contributed by atoms with Crippen LogP contribution >= 0.6 is 11.6 Å². The van der Waals surface area contributed by atoms with Crippen molar-refractivity contribution in [3.05, 3.63) is 94.5 Å². The molecule has 0 aromatic heterocycles. The van der Waals surface area contributed by atoms with Gasteiger partial charge in [-0.3, -0.25) is 13.9 Å². The minimum atomic E-state index is -4.88. The van der Waals surface area contributed by atoms with Crippen LogP contribution in [0.1, 0.15) is 43.9 Å². The Morgan fingerprint density at radius 2 is 1.61 bits per heavy atom. The Kier molecular flexibility index (Phi) is 11.9. The average Bonchev–Trinajstić information content (AvgIpc) is 2.97. The molecule has 0 saturated carbocycles. The maximum Gasteiger partial charge on any atom is 0.417 e. The van der Waals surface area contributed by atoms with Gasteiger partial charge in [-0.15, -0.1) is 0 Å². The Labute approximate surface area is 262 Å². The summed E-state index contributed by atoms with van der Waals surface area (Å²) < 4.78 is 69.9. The molecule has 0 aliphatic carbocycles. The van der Waals surface area contributed by atoms with Crippen molar-refractivity contribution in [1.29, 1.82) is 0 Å². The zero-order valence-corrected chi connectivity index (χ0v) is 26.6. The van der Waals surface area contributed by atoms with Crippen LogP contribution in [0.15, 0.2) is 77.7 Å². The largest absolute Gasteiger partial charge is 0.417 e. The highest BCUT2D eigenvalue weighted by atomic mass is 35.5. The van der Waals surface area contributed by atoms with Crippen molar-refractivity contribution >= 4 is 39.1 Å². The summed E-state index contributed by atoms with van der Waals surface area (Å²) in [4.78, 5) is 28.4. The van der Waals surface area contributed by atoms with Crippen molar-refractivity contribution in [1.82, 2.24) is 10.2 Å². The van der Waals surface area contributed by atoms with Gasteiger partial charge in [-0.05, 0) is 61.6 Å². The highest BCUT2D eigenvalue weighted by Crippen LogP contribution is 2.38. The van der Waals surface area contributed by atoms with Gasteiger partial charge in [0.15, 0.2) is 0 Å². The molecule has 0 aliphatic rings. The lowest BCUT2D eigenvalue weighted by Gasteiger charge is -2.33. The van der Waals surface area contributed by atoms with Gasteiger partial charge in [-0.25, -0.2) is 8.42 Å². The summed E-state index contributed by atoms with van der Waals surface area (Å²) in [5.41, 5.74) is 0.0201. The van der Waals surface area contributed by atoms with Crippen molar-refractivity contribution in [2.75, 3.05) is 23.9 Å². The smallest absolute Gasteiger partial charge is 0.354 e. The molecular formula is C32H37ClF3N3O4S. The Morgan fingerprint density at radius 3 is 2.18 bits per heavy atom. The van der Waals surface area contributed by atoms with Crippen molar-refractivity contribution in [2.24, 2.45) is 5.92 Å². The Hall–Kier alpha value is -3.57. The van der Waals surface area contributed by atoms with Crippen LogP contribution in [0.5, 0.6) is 0 Å². The van der Waals surface area contributed by atoms with Crippen molar-refractivity contribution in [3.63, 3.8) is 0 Å². The molecule has 0 fully saturated rings. The third-order valence-corrected chi connectivity index (χ3v) is 9.10. The summed E-state index contributed by atoms with van der Waals surface area (Å²) in [5.74, 6) is -0.999. The van der Waals surface area contributed by atoms with Crippen LogP contribution in [-0.2, 0) is 32.2 Å². The molecule has 7 nitrogen and oxygen atoms in total. The molecule has 0 bridgehead atoms. The molecule has 0 aliphatic heterocycles. The summed E-state index contributed by atoms with van der Waals surface area (Å²) in [6.07, 6.45) is -4.28. The van der Waals surface area contributed by atoms with Crippen molar-refractivity contribution < 1.29 is 31.2 Å². The molecule has 0 saturated heterocycles. The first-order valence-electron chi connectivity index (χ1n) is 14.2. The van der Waals surface area contributed by atoms with E-state index in [-0.39, 0.29) is 23.8 Å². The molecule has 3 rings (SSSR count). The first-order valence-corrected chi connectivity index (χ1v) is 16.0. The number of nitrogens with zero attached hydrogens (tertiary/aromatic N) is 2. The molecule has 44 heavy (non-hydrogen) atoms. The maximum absolute atomic E-state index is 14.1. The Balaban J connectivity index is 2.09. The van der Waals surface area contributed by atoms with Gasteiger partial charge in [-0.2, -0.15) is 13.2 Å². The van der Waals surface area contributed by atoms with E-state index in [1.165, 1.54) is 17.0 Å². The molecule has 1 atom stereocenters. The molecule has 1 unspecified atom stereocenters. The van der Waals surface area contributed by atoms with E-state index in [1.807, 2.05) is 44.2 Å². The summed E-state index contributed by atoms with van der Waals surface area (Å²) >= 11 is 5.83. The summed E-state index contributed by atoms with van der Waals surface area (Å²) in [7, 11) is -4.54. The second-order valence-electron chi connectivity index (χ2n) is 10.9. The van der Waals surface area contributed by atoms with Crippen LogP contribution in [0.2, 0.25) is 5.02 Å². The third kappa shape index (κ3) is 8.98. The first kappa shape index (κ1) is 34.9. The van der Waals surface area contributed by atoms with Crippen LogP contribution in [0.25, 0.3) is 0 Å². The standard InChI is InChI=1S/C32H37ClF3N3O4S/c1-5-29(31(41)37-20-22(2)3)38(18-17-24-9-7-6-8-10-24)30(40)21-39(44(42,43)26-14-11-23(4)12-15-26)25-13-16-28(33)27(19-25)32(34,35)36/h6-16,19,22,29H,5,17-18,20-21H2,1-4H3,(H,37,41). The summed E-state index contributed by atoms with van der Waals surface area (Å²) in [5, 5.41) is 2.23. The predicted octanol–water partition coefficient (Wildman–Crippen LogP) is 6.48. The number of rotatable bonds is 13. The van der Waals surface area contributed by atoms with Crippen molar-refractivity contribution in [3.8, 4) is 0 Å². The highest BCUT2D eigenvalue weighted by molar-refractivity contribution is 7.92. The number of carbonyl (C=O) groups excluding carboxylic acids is 2. The lowest BCUT2D eigenvalue weighted by molar-refractivity contribution is -0.139. The number of carbonyl (C=O) groups is 2. The van der Waals surface area contributed by atoms with E-state index < -0.39 is 56.9 Å². The quantitative estimate of drug-likeness (QED) is 0.229. The van der Waals surface area contributed by atoms with E-state index in [4.69, 9.17) is 11.6 Å². The maximum atomic E-state index is 14.1. The number of hydrogen-bond acceptors (Lipinski definition) is 4. The normalized spacial score (nSPS) is 12.6. The molecule has 238 valence electrons. The number of sulfonamides is 1. The predicted molar refractivity (Wildman–Crippen MR) is 166 cm³/mol. The summed E-state index contributed by atoms with van der Waals surface area (Å²) in [6.45, 7) is 6.93. The zero-order chi connectivity index (χ0) is 32.7. The molecule has 1 N–H and O–H groups in total. The van der Waals surface area contributed by atoms with Gasteiger partial charge in [0.1, 0.15) is 12.6 Å². The molecule has 0 spiro atoms. The number of nitrogens with one attached hydrogen (secondary N) is 1. The molecule has 3 aromatic carbocycles. The van der Waals surface area contributed by atoms with Crippen molar-refractivity contribution in [2.45, 2.75) is 57.7 Å². The zero-order valence-electron chi connectivity index (χ0n) is 25.1. The van der Waals surface area contributed by atoms with E-state index in [2.05, 4.69) is 5.32 Å². The van der Waals surface area contributed by atoms with E-state index in [0.29, 0.717) is 23.3 Å². The van der Waals surface area contributed by atoms with Gasteiger partial charge in [0.2, 0.25) is 11.8 Å². The van der Waals surface area contributed by atoms with Crippen LogP contribution in [-0.4, -0.2) is 50.8 Å². The van der Waals surface area contributed by atoms with E-state index in [9.17, 15) is 31.2 Å². The fourth-order valence-electron chi connectivity index (χ4n) is 4.57.